The number of hydrogen-bond acceptors (Lipinski definition) is 3. The van der Waals surface area contributed by atoms with Gasteiger partial charge in [0.25, 0.3) is 0 Å². The highest BCUT2D eigenvalue weighted by molar-refractivity contribution is 6.22. The number of furan rings is 2. The lowest BCUT2D eigenvalue weighted by atomic mass is 10.1. The van der Waals surface area contributed by atoms with E-state index in [9.17, 15) is 4.79 Å². The Morgan fingerprint density at radius 3 is 2.48 bits per heavy atom. The lowest BCUT2D eigenvalue weighted by Crippen LogP contribution is -1.89. The molecule has 0 aliphatic heterocycles. The molecule has 0 aliphatic carbocycles. The van der Waals surface area contributed by atoms with Crippen LogP contribution in [0.15, 0.2) is 63.4 Å². The monoisotopic (exact) mass is 300 g/mol. The van der Waals surface area contributed by atoms with Crippen molar-refractivity contribution >= 4 is 49.7 Å². The fourth-order valence-corrected chi connectivity index (χ4v) is 3.26. The van der Waals surface area contributed by atoms with Gasteiger partial charge in [-0.3, -0.25) is 4.79 Å². The Labute approximate surface area is 131 Å². The largest absolute Gasteiger partial charge is 0.456 e. The van der Waals surface area contributed by atoms with Crippen LogP contribution in [0.4, 0.5) is 0 Å². The minimum absolute atomic E-state index is 0.0289. The third-order valence-electron chi connectivity index (χ3n) is 4.39. The molecule has 2 aromatic heterocycles. The average Bonchev–Trinajstić information content (AvgIpc) is 3.11. The van der Waals surface area contributed by atoms with Crippen LogP contribution in [-0.2, 0) is 0 Å². The lowest BCUT2D eigenvalue weighted by Gasteiger charge is -1.94. The van der Waals surface area contributed by atoms with Gasteiger partial charge in [-0.05, 0) is 37.3 Å². The summed E-state index contributed by atoms with van der Waals surface area (Å²) in [6.45, 7) is 1.56. The first-order valence-electron chi connectivity index (χ1n) is 7.50. The van der Waals surface area contributed by atoms with Crippen LogP contribution in [0.1, 0.15) is 17.3 Å². The van der Waals surface area contributed by atoms with Crippen molar-refractivity contribution in [3.8, 4) is 0 Å². The number of fused-ring (bicyclic) bond motifs is 7. The van der Waals surface area contributed by atoms with Crippen molar-refractivity contribution in [2.75, 3.05) is 0 Å². The van der Waals surface area contributed by atoms with Crippen LogP contribution < -0.4 is 0 Å². The van der Waals surface area contributed by atoms with E-state index in [1.807, 2.05) is 42.5 Å². The number of carbonyl (C=O) groups excluding carboxylic acids is 1. The fourth-order valence-electron chi connectivity index (χ4n) is 3.26. The van der Waals surface area contributed by atoms with Crippen molar-refractivity contribution < 1.29 is 13.6 Å². The van der Waals surface area contributed by atoms with Crippen LogP contribution in [0.3, 0.4) is 0 Å². The maximum atomic E-state index is 11.6. The summed E-state index contributed by atoms with van der Waals surface area (Å²) in [7, 11) is 0. The summed E-state index contributed by atoms with van der Waals surface area (Å²) >= 11 is 0. The number of hydrogen-bond donors (Lipinski definition) is 0. The molecule has 0 amide bonds. The third kappa shape index (κ3) is 1.62. The summed E-state index contributed by atoms with van der Waals surface area (Å²) in [6, 6.07) is 17.6. The van der Waals surface area contributed by atoms with Crippen LogP contribution in [-0.4, -0.2) is 5.78 Å². The van der Waals surface area contributed by atoms with Crippen LogP contribution in [0.2, 0.25) is 0 Å². The predicted molar refractivity (Wildman–Crippen MR) is 91.0 cm³/mol. The number of para-hydroxylation sites is 1. The summed E-state index contributed by atoms with van der Waals surface area (Å²) in [5, 5.41) is 4.10. The molecule has 0 atom stereocenters. The molecule has 5 rings (SSSR count). The predicted octanol–water partition coefficient (Wildman–Crippen LogP) is 5.69. The van der Waals surface area contributed by atoms with Crippen molar-refractivity contribution in [2.24, 2.45) is 0 Å². The summed E-state index contributed by atoms with van der Waals surface area (Å²) in [4.78, 5) is 11.6. The highest BCUT2D eigenvalue weighted by Crippen LogP contribution is 2.39. The first kappa shape index (κ1) is 12.5. The molecule has 3 aromatic carbocycles. The van der Waals surface area contributed by atoms with Crippen molar-refractivity contribution in [3.05, 3.63) is 60.2 Å². The van der Waals surface area contributed by atoms with Gasteiger partial charge < -0.3 is 8.83 Å². The van der Waals surface area contributed by atoms with Gasteiger partial charge in [-0.25, -0.2) is 0 Å². The first-order chi connectivity index (χ1) is 11.2. The molecule has 0 fully saturated rings. The molecule has 0 saturated carbocycles. The standard InChI is InChI=1S/C20H12O3/c1-11(21)12-6-7-15-18(10-12)22-17-9-8-14-13-4-2-3-5-16(13)23-20(14)19(15)17/h2-10H,1H3. The van der Waals surface area contributed by atoms with Gasteiger partial charge in [-0.15, -0.1) is 0 Å². The SMILES string of the molecule is CC(=O)c1ccc2c(c1)oc1ccc3c4ccccc4oc3c12. The Balaban J connectivity index is 1.99. The van der Waals surface area contributed by atoms with E-state index < -0.39 is 0 Å². The first-order valence-corrected chi connectivity index (χ1v) is 7.50. The van der Waals surface area contributed by atoms with Gasteiger partial charge >= 0.3 is 0 Å². The molecule has 3 heteroatoms. The number of Topliss-reactive ketones (excluding diaryl/α,β-unsaturated/α-hetero) is 1. The van der Waals surface area contributed by atoms with Crippen molar-refractivity contribution in [3.63, 3.8) is 0 Å². The number of ketones is 1. The summed E-state index contributed by atoms with van der Waals surface area (Å²) in [6.07, 6.45) is 0. The Bertz CT molecular complexity index is 1240. The van der Waals surface area contributed by atoms with Gasteiger partial charge in [0.15, 0.2) is 5.78 Å². The summed E-state index contributed by atoms with van der Waals surface area (Å²) in [5.41, 5.74) is 3.83. The second-order valence-corrected chi connectivity index (χ2v) is 5.78. The molecule has 0 aliphatic rings. The second kappa shape index (κ2) is 4.23. The van der Waals surface area contributed by atoms with E-state index >= 15 is 0 Å². The Morgan fingerprint density at radius 1 is 0.783 bits per heavy atom. The summed E-state index contributed by atoms with van der Waals surface area (Å²) in [5.74, 6) is 0.0289. The van der Waals surface area contributed by atoms with Crippen LogP contribution in [0.5, 0.6) is 0 Å². The number of rotatable bonds is 1. The quantitative estimate of drug-likeness (QED) is 0.374. The van der Waals surface area contributed by atoms with E-state index in [4.69, 9.17) is 8.83 Å². The fraction of sp³-hybridized carbons (Fsp3) is 0.0500. The molecule has 0 N–H and O–H groups in total. The molecule has 0 unspecified atom stereocenters. The molecule has 5 aromatic rings. The molecule has 110 valence electrons. The van der Waals surface area contributed by atoms with E-state index in [0.717, 1.165) is 38.3 Å². The van der Waals surface area contributed by atoms with Gasteiger partial charge in [0, 0.05) is 21.7 Å². The molecular weight excluding hydrogens is 288 g/mol. The minimum Gasteiger partial charge on any atom is -0.456 e. The van der Waals surface area contributed by atoms with E-state index in [-0.39, 0.29) is 5.78 Å². The lowest BCUT2D eigenvalue weighted by molar-refractivity contribution is 0.101. The number of benzene rings is 3. The molecular formula is C20H12O3. The van der Waals surface area contributed by atoms with Crippen LogP contribution >= 0.6 is 0 Å². The van der Waals surface area contributed by atoms with Gasteiger partial charge in [0.2, 0.25) is 0 Å². The normalized spacial score (nSPS) is 11.9. The molecule has 0 radical (unpaired) electrons. The average molecular weight is 300 g/mol. The minimum atomic E-state index is 0.0289. The maximum Gasteiger partial charge on any atom is 0.159 e. The topological polar surface area (TPSA) is 43.4 Å². The molecule has 2 heterocycles. The molecule has 23 heavy (non-hydrogen) atoms. The Morgan fingerprint density at radius 2 is 1.61 bits per heavy atom. The maximum absolute atomic E-state index is 11.6. The van der Waals surface area contributed by atoms with Crippen molar-refractivity contribution in [1.29, 1.82) is 0 Å². The van der Waals surface area contributed by atoms with Gasteiger partial charge in [-0.2, -0.15) is 0 Å². The summed E-state index contributed by atoms with van der Waals surface area (Å²) < 4.78 is 12.0. The van der Waals surface area contributed by atoms with E-state index in [0.29, 0.717) is 11.1 Å². The zero-order chi connectivity index (χ0) is 15.6. The molecule has 0 saturated heterocycles. The van der Waals surface area contributed by atoms with E-state index in [2.05, 4.69) is 6.07 Å². The second-order valence-electron chi connectivity index (χ2n) is 5.78. The van der Waals surface area contributed by atoms with Crippen LogP contribution in [0, 0.1) is 0 Å². The van der Waals surface area contributed by atoms with Gasteiger partial charge in [-0.1, -0.05) is 24.3 Å². The van der Waals surface area contributed by atoms with Crippen molar-refractivity contribution in [1.82, 2.24) is 0 Å². The smallest absolute Gasteiger partial charge is 0.159 e. The van der Waals surface area contributed by atoms with E-state index in [1.165, 1.54) is 0 Å². The Hall–Kier alpha value is -3.07. The highest BCUT2D eigenvalue weighted by Gasteiger charge is 2.16. The Kier molecular flexibility index (Phi) is 2.29. The molecule has 3 nitrogen and oxygen atoms in total. The van der Waals surface area contributed by atoms with Crippen LogP contribution in [0.25, 0.3) is 43.9 Å². The van der Waals surface area contributed by atoms with Gasteiger partial charge in [0.1, 0.15) is 22.3 Å². The number of carbonyl (C=O) groups is 1. The molecule has 0 bridgehead atoms. The zero-order valence-corrected chi connectivity index (χ0v) is 12.4. The van der Waals surface area contributed by atoms with Gasteiger partial charge in [0.05, 0.1) is 5.39 Å². The third-order valence-corrected chi connectivity index (χ3v) is 4.39. The van der Waals surface area contributed by atoms with Crippen molar-refractivity contribution in [2.45, 2.75) is 6.92 Å². The zero-order valence-electron chi connectivity index (χ0n) is 12.4. The molecule has 0 spiro atoms. The highest BCUT2D eigenvalue weighted by atomic mass is 16.3. The van der Waals surface area contributed by atoms with E-state index in [1.54, 1.807) is 13.0 Å².